The second-order valence-electron chi connectivity index (χ2n) is 4.06. The number of carbonyl (C=O) groups excluding carboxylic acids is 1. The summed E-state index contributed by atoms with van der Waals surface area (Å²) in [4.78, 5) is 11.9. The van der Waals surface area contributed by atoms with E-state index in [2.05, 4.69) is 10.6 Å². The number of urea groups is 1. The van der Waals surface area contributed by atoms with Crippen molar-refractivity contribution in [2.24, 2.45) is 0 Å². The number of benzene rings is 2. The van der Waals surface area contributed by atoms with E-state index in [9.17, 15) is 4.79 Å². The first-order chi connectivity index (χ1) is 9.99. The minimum Gasteiger partial charge on any atom is -0.497 e. The first-order valence-corrected chi connectivity index (χ1v) is 6.99. The molecule has 21 heavy (non-hydrogen) atoms. The Kier molecular flexibility index (Phi) is 5.17. The number of anilines is 2. The molecule has 0 spiro atoms. The molecule has 2 N–H and O–H groups in total. The normalized spacial score (nSPS) is 10.1. The van der Waals surface area contributed by atoms with Crippen LogP contribution in [-0.4, -0.2) is 13.1 Å². The van der Waals surface area contributed by atoms with Gasteiger partial charge in [0.1, 0.15) is 5.75 Å². The van der Waals surface area contributed by atoms with Crippen molar-refractivity contribution in [2.45, 2.75) is 0 Å². The minimum absolute atomic E-state index is 0.296. The third-order valence-corrected chi connectivity index (χ3v) is 3.62. The largest absolute Gasteiger partial charge is 0.497 e. The Morgan fingerprint density at radius 2 is 1.71 bits per heavy atom. The Balaban J connectivity index is 2.09. The summed E-state index contributed by atoms with van der Waals surface area (Å²) in [7, 11) is 1.55. The van der Waals surface area contributed by atoms with Crippen LogP contribution in [0.1, 0.15) is 0 Å². The molecule has 4 nitrogen and oxygen atoms in total. The molecule has 0 aromatic heterocycles. The van der Waals surface area contributed by atoms with Gasteiger partial charge in [0.15, 0.2) is 0 Å². The van der Waals surface area contributed by atoms with Gasteiger partial charge in [-0.25, -0.2) is 4.79 Å². The molecule has 110 valence electrons. The van der Waals surface area contributed by atoms with Crippen LogP contribution in [-0.2, 0) is 0 Å². The summed E-state index contributed by atoms with van der Waals surface area (Å²) < 4.78 is 5.08. The molecule has 0 heterocycles. The molecule has 0 saturated heterocycles. The highest BCUT2D eigenvalue weighted by molar-refractivity contribution is 6.44. The van der Waals surface area contributed by atoms with Gasteiger partial charge in [-0.3, -0.25) is 0 Å². The number of nitrogens with one attached hydrogen (secondary N) is 2. The van der Waals surface area contributed by atoms with E-state index in [0.29, 0.717) is 32.2 Å². The molecule has 2 aromatic rings. The first-order valence-electron chi connectivity index (χ1n) is 5.86. The Labute approximate surface area is 137 Å². The molecule has 2 amide bonds. The van der Waals surface area contributed by atoms with Crippen LogP contribution in [0.25, 0.3) is 0 Å². The van der Waals surface area contributed by atoms with Crippen molar-refractivity contribution in [3.63, 3.8) is 0 Å². The molecule has 0 aliphatic rings. The number of rotatable bonds is 3. The molecule has 0 aliphatic heterocycles. The summed E-state index contributed by atoms with van der Waals surface area (Å²) in [5, 5.41) is 6.18. The molecule has 0 saturated carbocycles. The summed E-state index contributed by atoms with van der Waals surface area (Å²) in [5.74, 6) is 0.639. The Bertz CT molecular complexity index is 677. The topological polar surface area (TPSA) is 50.4 Å². The second kappa shape index (κ2) is 6.89. The maximum atomic E-state index is 11.9. The van der Waals surface area contributed by atoms with Crippen molar-refractivity contribution in [3.05, 3.63) is 51.5 Å². The van der Waals surface area contributed by atoms with Crippen LogP contribution >= 0.6 is 34.8 Å². The summed E-state index contributed by atoms with van der Waals surface area (Å²) in [6.45, 7) is 0. The van der Waals surface area contributed by atoms with E-state index in [0.717, 1.165) is 0 Å². The Morgan fingerprint density at radius 3 is 2.43 bits per heavy atom. The summed E-state index contributed by atoms with van der Waals surface area (Å²) in [6, 6.07) is 9.46. The standard InChI is InChI=1S/C14H11Cl3N2O2/c1-21-9-4-2-3-8(5-9)18-14(20)19-13-7-11(16)10(15)6-12(13)17/h2-7H,1H3,(H2,18,19,20). The first kappa shape index (κ1) is 15.8. The van der Waals surface area contributed by atoms with Crippen molar-refractivity contribution in [1.82, 2.24) is 0 Å². The van der Waals surface area contributed by atoms with Gasteiger partial charge in [-0.05, 0) is 24.3 Å². The number of amides is 2. The smallest absolute Gasteiger partial charge is 0.323 e. The summed E-state index contributed by atoms with van der Waals surface area (Å²) in [5.41, 5.74) is 0.953. The van der Waals surface area contributed by atoms with Crippen LogP contribution < -0.4 is 15.4 Å². The zero-order chi connectivity index (χ0) is 15.4. The van der Waals surface area contributed by atoms with Crippen LogP contribution in [0.3, 0.4) is 0 Å². The van der Waals surface area contributed by atoms with Crippen molar-refractivity contribution in [3.8, 4) is 5.75 Å². The molecule has 0 bridgehead atoms. The van der Waals surface area contributed by atoms with E-state index < -0.39 is 6.03 Å². The van der Waals surface area contributed by atoms with Gasteiger partial charge in [0.05, 0.1) is 27.9 Å². The second-order valence-corrected chi connectivity index (χ2v) is 5.28. The highest BCUT2D eigenvalue weighted by atomic mass is 35.5. The monoisotopic (exact) mass is 344 g/mol. The lowest BCUT2D eigenvalue weighted by Gasteiger charge is -2.10. The van der Waals surface area contributed by atoms with Gasteiger partial charge in [-0.1, -0.05) is 40.9 Å². The lowest BCUT2D eigenvalue weighted by atomic mass is 10.3. The molecule has 0 unspecified atom stereocenters. The number of carbonyl (C=O) groups is 1. The molecule has 0 fully saturated rings. The predicted molar refractivity (Wildman–Crippen MR) is 87.1 cm³/mol. The van der Waals surface area contributed by atoms with Crippen molar-refractivity contribution >= 4 is 52.2 Å². The maximum Gasteiger partial charge on any atom is 0.323 e. The van der Waals surface area contributed by atoms with Gasteiger partial charge < -0.3 is 15.4 Å². The Morgan fingerprint density at radius 1 is 1.00 bits per heavy atom. The van der Waals surface area contributed by atoms with Gasteiger partial charge in [0, 0.05) is 11.8 Å². The molecule has 0 atom stereocenters. The zero-order valence-corrected chi connectivity index (χ0v) is 13.2. The fourth-order valence-electron chi connectivity index (χ4n) is 1.60. The number of methoxy groups -OCH3 is 1. The van der Waals surface area contributed by atoms with Gasteiger partial charge in [0.2, 0.25) is 0 Å². The molecule has 0 aliphatic carbocycles. The number of halogens is 3. The maximum absolute atomic E-state index is 11.9. The lowest BCUT2D eigenvalue weighted by Crippen LogP contribution is -2.19. The van der Waals surface area contributed by atoms with Crippen LogP contribution in [0, 0.1) is 0 Å². The van der Waals surface area contributed by atoms with Crippen molar-refractivity contribution < 1.29 is 9.53 Å². The van der Waals surface area contributed by atoms with Gasteiger partial charge in [-0.2, -0.15) is 0 Å². The summed E-state index contributed by atoms with van der Waals surface area (Å²) in [6.07, 6.45) is 0. The van der Waals surface area contributed by atoms with E-state index in [1.54, 1.807) is 31.4 Å². The number of hydrogen-bond acceptors (Lipinski definition) is 2. The van der Waals surface area contributed by atoms with E-state index in [1.807, 2.05) is 0 Å². The average Bonchev–Trinajstić information content (AvgIpc) is 2.45. The number of hydrogen-bond donors (Lipinski definition) is 2. The van der Waals surface area contributed by atoms with Crippen LogP contribution in [0.4, 0.5) is 16.2 Å². The average molecular weight is 346 g/mol. The SMILES string of the molecule is COc1cccc(NC(=O)Nc2cc(Cl)c(Cl)cc2Cl)c1. The minimum atomic E-state index is -0.455. The highest BCUT2D eigenvalue weighted by Crippen LogP contribution is 2.32. The third kappa shape index (κ3) is 4.17. The molecule has 2 aromatic carbocycles. The molecular weight excluding hydrogens is 335 g/mol. The third-order valence-electron chi connectivity index (χ3n) is 2.59. The van der Waals surface area contributed by atoms with Crippen molar-refractivity contribution in [2.75, 3.05) is 17.7 Å². The van der Waals surface area contributed by atoms with E-state index in [1.165, 1.54) is 12.1 Å². The quantitative estimate of drug-likeness (QED) is 0.742. The lowest BCUT2D eigenvalue weighted by molar-refractivity contribution is 0.262. The Hall–Kier alpha value is -1.62. The number of ether oxygens (including phenoxy) is 1. The van der Waals surface area contributed by atoms with Crippen LogP contribution in [0.2, 0.25) is 15.1 Å². The molecule has 0 radical (unpaired) electrons. The van der Waals surface area contributed by atoms with Crippen LogP contribution in [0.5, 0.6) is 5.75 Å². The fraction of sp³-hybridized carbons (Fsp3) is 0.0714. The molecule has 7 heteroatoms. The fourth-order valence-corrected chi connectivity index (χ4v) is 2.20. The van der Waals surface area contributed by atoms with Crippen molar-refractivity contribution in [1.29, 1.82) is 0 Å². The summed E-state index contributed by atoms with van der Waals surface area (Å²) >= 11 is 17.7. The van der Waals surface area contributed by atoms with Crippen LogP contribution in [0.15, 0.2) is 36.4 Å². The van der Waals surface area contributed by atoms with Gasteiger partial charge in [0.25, 0.3) is 0 Å². The highest BCUT2D eigenvalue weighted by Gasteiger charge is 2.09. The van der Waals surface area contributed by atoms with E-state index >= 15 is 0 Å². The van der Waals surface area contributed by atoms with Gasteiger partial charge in [-0.15, -0.1) is 0 Å². The molecular formula is C14H11Cl3N2O2. The van der Waals surface area contributed by atoms with Gasteiger partial charge >= 0.3 is 6.03 Å². The molecule has 2 rings (SSSR count). The van der Waals surface area contributed by atoms with E-state index in [4.69, 9.17) is 39.5 Å². The predicted octanol–water partition coefficient (Wildman–Crippen LogP) is 5.30. The zero-order valence-electron chi connectivity index (χ0n) is 10.9. The van der Waals surface area contributed by atoms with E-state index in [-0.39, 0.29) is 0 Å².